The number of nitrogens with two attached hydrogens (primary N) is 1. The molecule has 0 aliphatic carbocycles. The van der Waals surface area contributed by atoms with Gasteiger partial charge in [0.15, 0.2) is 0 Å². The molecular weight excluding hydrogens is 248 g/mol. The van der Waals surface area contributed by atoms with Crippen LogP contribution in [0, 0.1) is 11.8 Å². The third kappa shape index (κ3) is 3.13. The average molecular weight is 258 g/mol. The molecule has 18 heavy (non-hydrogen) atoms. The number of thiazole rings is 1. The second-order valence-electron chi connectivity index (χ2n) is 3.23. The van der Waals surface area contributed by atoms with Gasteiger partial charge in [0, 0.05) is 0 Å². The van der Waals surface area contributed by atoms with E-state index in [1.165, 1.54) is 17.5 Å². The van der Waals surface area contributed by atoms with Crippen molar-refractivity contribution in [3.63, 3.8) is 0 Å². The molecule has 2 aromatic rings. The lowest BCUT2D eigenvalue weighted by Crippen LogP contribution is -2.11. The Balaban J connectivity index is 2.12. The summed E-state index contributed by atoms with van der Waals surface area (Å²) in [5, 5.41) is 2.68. The van der Waals surface area contributed by atoms with Gasteiger partial charge in [-0.1, -0.05) is 12.0 Å². The van der Waals surface area contributed by atoms with E-state index in [1.54, 1.807) is 23.7 Å². The van der Waals surface area contributed by atoms with Crippen LogP contribution >= 0.6 is 11.3 Å². The van der Waals surface area contributed by atoms with E-state index in [2.05, 4.69) is 27.1 Å². The molecule has 2 rings (SSSR count). The first-order valence-corrected chi connectivity index (χ1v) is 6.03. The number of aromatic nitrogens is 2. The van der Waals surface area contributed by atoms with Crippen LogP contribution in [-0.4, -0.2) is 22.4 Å². The molecule has 2 heterocycles. The molecule has 5 nitrogen and oxygen atoms in total. The number of hydrogen-bond donors (Lipinski definition) is 2. The Morgan fingerprint density at radius 2 is 2.39 bits per heavy atom. The Labute approximate surface area is 108 Å². The lowest BCUT2D eigenvalue weighted by atomic mass is 10.3. The molecule has 0 spiro atoms. The summed E-state index contributed by atoms with van der Waals surface area (Å²) in [6.07, 6.45) is 1.51. The second kappa shape index (κ2) is 5.91. The molecule has 0 unspecified atom stereocenters. The number of anilines is 1. The van der Waals surface area contributed by atoms with Crippen LogP contribution in [-0.2, 0) is 0 Å². The zero-order valence-electron chi connectivity index (χ0n) is 9.38. The Morgan fingerprint density at radius 3 is 3.11 bits per heavy atom. The Bertz CT molecular complexity index is 598. The van der Waals surface area contributed by atoms with Crippen LogP contribution in [0.15, 0.2) is 29.9 Å². The number of amides is 1. The molecule has 0 aliphatic heterocycles. The summed E-state index contributed by atoms with van der Waals surface area (Å²) in [6, 6.07) is 5.23. The van der Waals surface area contributed by atoms with Crippen molar-refractivity contribution in [3.8, 4) is 11.8 Å². The van der Waals surface area contributed by atoms with Crippen molar-refractivity contribution in [2.24, 2.45) is 5.73 Å². The largest absolute Gasteiger partial charge is 0.320 e. The molecule has 90 valence electrons. The van der Waals surface area contributed by atoms with E-state index >= 15 is 0 Å². The predicted molar refractivity (Wildman–Crippen MR) is 70.2 cm³/mol. The van der Waals surface area contributed by atoms with Crippen molar-refractivity contribution in [3.05, 3.63) is 40.5 Å². The first-order valence-electron chi connectivity index (χ1n) is 5.15. The highest BCUT2D eigenvalue weighted by atomic mass is 32.1. The predicted octanol–water partition coefficient (Wildman–Crippen LogP) is 1.10. The number of rotatable bonds is 2. The van der Waals surface area contributed by atoms with Gasteiger partial charge in [-0.15, -0.1) is 11.3 Å². The summed E-state index contributed by atoms with van der Waals surface area (Å²) in [6.45, 7) is 0.277. The second-order valence-corrected chi connectivity index (χ2v) is 4.12. The topological polar surface area (TPSA) is 80.9 Å². The van der Waals surface area contributed by atoms with Crippen molar-refractivity contribution in [2.75, 3.05) is 11.9 Å². The summed E-state index contributed by atoms with van der Waals surface area (Å²) in [4.78, 5) is 20.3. The zero-order chi connectivity index (χ0) is 12.8. The van der Waals surface area contributed by atoms with Crippen molar-refractivity contribution in [1.82, 2.24) is 9.97 Å². The first kappa shape index (κ1) is 12.2. The highest BCUT2D eigenvalue weighted by Crippen LogP contribution is 2.10. The number of pyridine rings is 1. The maximum atomic E-state index is 11.8. The minimum Gasteiger partial charge on any atom is -0.320 e. The molecule has 0 aromatic carbocycles. The molecule has 6 heteroatoms. The highest BCUT2D eigenvalue weighted by molar-refractivity contribution is 7.11. The van der Waals surface area contributed by atoms with Crippen molar-refractivity contribution < 1.29 is 4.79 Å². The number of nitrogens with zero attached hydrogens (tertiary/aromatic N) is 2. The van der Waals surface area contributed by atoms with Gasteiger partial charge in [-0.25, -0.2) is 4.98 Å². The summed E-state index contributed by atoms with van der Waals surface area (Å²) in [7, 11) is 0. The first-order chi connectivity index (χ1) is 8.79. The fraction of sp³-hybridized carbons (Fsp3) is 0.0833. The molecule has 3 N–H and O–H groups in total. The Kier molecular flexibility index (Phi) is 4.02. The molecule has 0 aliphatic rings. The number of nitrogens with one attached hydrogen (secondary N) is 1. The lowest BCUT2D eigenvalue weighted by molar-refractivity contribution is 0.103. The van der Waals surface area contributed by atoms with Crippen LogP contribution < -0.4 is 11.1 Å². The fourth-order valence-corrected chi connectivity index (χ4v) is 1.74. The zero-order valence-corrected chi connectivity index (χ0v) is 10.2. The summed E-state index contributed by atoms with van der Waals surface area (Å²) in [5.74, 6) is 5.74. The van der Waals surface area contributed by atoms with Crippen molar-refractivity contribution in [1.29, 1.82) is 0 Å². The molecule has 0 saturated heterocycles. The van der Waals surface area contributed by atoms with Gasteiger partial charge in [0.05, 0.1) is 18.3 Å². The third-order valence-electron chi connectivity index (χ3n) is 1.97. The maximum Gasteiger partial charge on any atom is 0.268 e. The normalized spacial score (nSPS) is 9.39. The van der Waals surface area contributed by atoms with E-state index in [0.29, 0.717) is 16.4 Å². The van der Waals surface area contributed by atoms with E-state index in [1.807, 2.05) is 0 Å². The summed E-state index contributed by atoms with van der Waals surface area (Å²) in [5.41, 5.74) is 7.46. The Hall–Kier alpha value is -2.23. The SMILES string of the molecule is NCC#Cc1cccc(NC(=O)c2cncs2)n1. The molecular formula is C12H10N4OS. The van der Waals surface area contributed by atoms with Crippen LogP contribution in [0.3, 0.4) is 0 Å². The van der Waals surface area contributed by atoms with Gasteiger partial charge in [-0.3, -0.25) is 9.78 Å². The van der Waals surface area contributed by atoms with Gasteiger partial charge in [-0.2, -0.15) is 0 Å². The van der Waals surface area contributed by atoms with E-state index in [0.717, 1.165) is 0 Å². The van der Waals surface area contributed by atoms with Crippen LogP contribution in [0.5, 0.6) is 0 Å². The van der Waals surface area contributed by atoms with E-state index in [4.69, 9.17) is 5.73 Å². The monoisotopic (exact) mass is 258 g/mol. The average Bonchev–Trinajstić information content (AvgIpc) is 2.91. The highest BCUT2D eigenvalue weighted by Gasteiger charge is 2.08. The summed E-state index contributed by atoms with van der Waals surface area (Å²) >= 11 is 1.27. The van der Waals surface area contributed by atoms with Crippen molar-refractivity contribution >= 4 is 23.1 Å². The van der Waals surface area contributed by atoms with Crippen molar-refractivity contribution in [2.45, 2.75) is 0 Å². The molecule has 0 radical (unpaired) electrons. The van der Waals surface area contributed by atoms with Crippen LogP contribution in [0.1, 0.15) is 15.4 Å². The number of carbonyl (C=O) groups excluding carboxylic acids is 1. The fourth-order valence-electron chi connectivity index (χ4n) is 1.22. The van der Waals surface area contributed by atoms with E-state index in [-0.39, 0.29) is 12.5 Å². The third-order valence-corrected chi connectivity index (χ3v) is 2.74. The Morgan fingerprint density at radius 1 is 1.50 bits per heavy atom. The van der Waals surface area contributed by atoms with Crippen LogP contribution in [0.2, 0.25) is 0 Å². The van der Waals surface area contributed by atoms with Gasteiger partial charge >= 0.3 is 0 Å². The number of hydrogen-bond acceptors (Lipinski definition) is 5. The molecule has 0 atom stereocenters. The quantitative estimate of drug-likeness (QED) is 0.790. The summed E-state index contributed by atoms with van der Waals surface area (Å²) < 4.78 is 0. The van der Waals surface area contributed by atoms with Gasteiger partial charge in [-0.05, 0) is 18.1 Å². The molecule has 2 aromatic heterocycles. The van der Waals surface area contributed by atoms with Gasteiger partial charge < -0.3 is 11.1 Å². The minimum atomic E-state index is -0.228. The van der Waals surface area contributed by atoms with Crippen LogP contribution in [0.25, 0.3) is 0 Å². The van der Waals surface area contributed by atoms with Gasteiger partial charge in [0.1, 0.15) is 16.4 Å². The molecule has 0 saturated carbocycles. The maximum absolute atomic E-state index is 11.8. The molecule has 1 amide bonds. The number of carbonyl (C=O) groups is 1. The van der Waals surface area contributed by atoms with E-state index < -0.39 is 0 Å². The van der Waals surface area contributed by atoms with Gasteiger partial charge in [0.25, 0.3) is 5.91 Å². The smallest absolute Gasteiger partial charge is 0.268 e. The van der Waals surface area contributed by atoms with Gasteiger partial charge in [0.2, 0.25) is 0 Å². The molecule has 0 fully saturated rings. The minimum absolute atomic E-state index is 0.228. The van der Waals surface area contributed by atoms with Crippen LogP contribution in [0.4, 0.5) is 5.82 Å². The standard InChI is InChI=1S/C12H10N4OS/c13-6-2-4-9-3-1-5-11(15-9)16-12(17)10-7-14-8-18-10/h1,3,5,7-8H,6,13H2,(H,15,16,17). The lowest BCUT2D eigenvalue weighted by Gasteiger charge is -2.02. The molecule has 0 bridgehead atoms. The van der Waals surface area contributed by atoms with E-state index in [9.17, 15) is 4.79 Å².